The average molecular weight is 268 g/mol. The van der Waals surface area contributed by atoms with Gasteiger partial charge < -0.3 is 10.1 Å². The molecule has 2 fully saturated rings. The van der Waals surface area contributed by atoms with Gasteiger partial charge in [0.1, 0.15) is 0 Å². The summed E-state index contributed by atoms with van der Waals surface area (Å²) in [4.78, 5) is 4.43. The number of hydrogen-bond donors (Lipinski definition) is 1. The van der Waals surface area contributed by atoms with Crippen molar-refractivity contribution in [3.05, 3.63) is 36.5 Å². The lowest BCUT2D eigenvalue weighted by Gasteiger charge is -2.55. The molecule has 104 valence electrons. The molecule has 1 saturated carbocycles. The van der Waals surface area contributed by atoms with Crippen molar-refractivity contribution in [1.82, 2.24) is 4.98 Å². The molecule has 1 aliphatic carbocycles. The van der Waals surface area contributed by atoms with Crippen LogP contribution in [0.5, 0.6) is 0 Å². The van der Waals surface area contributed by atoms with Crippen LogP contribution in [0, 0.1) is 11.3 Å². The van der Waals surface area contributed by atoms with Crippen LogP contribution in [0.3, 0.4) is 0 Å². The van der Waals surface area contributed by atoms with E-state index in [0.717, 1.165) is 12.1 Å². The molecule has 3 heteroatoms. The Bertz CT molecular complexity index is 647. The molecule has 20 heavy (non-hydrogen) atoms. The molecule has 3 unspecified atom stereocenters. The van der Waals surface area contributed by atoms with Crippen molar-refractivity contribution in [2.45, 2.75) is 32.4 Å². The lowest BCUT2D eigenvalue weighted by atomic mass is 9.57. The number of hydrogen-bond acceptors (Lipinski definition) is 3. The quantitative estimate of drug-likeness (QED) is 0.905. The number of rotatable bonds is 2. The summed E-state index contributed by atoms with van der Waals surface area (Å²) in [7, 11) is 0. The van der Waals surface area contributed by atoms with Crippen LogP contribution >= 0.6 is 0 Å². The Labute approximate surface area is 119 Å². The summed E-state index contributed by atoms with van der Waals surface area (Å²) >= 11 is 0. The molecule has 1 aliphatic heterocycles. The van der Waals surface area contributed by atoms with Gasteiger partial charge in [-0.2, -0.15) is 0 Å². The summed E-state index contributed by atoms with van der Waals surface area (Å²) < 4.78 is 5.87. The van der Waals surface area contributed by atoms with Crippen LogP contribution in [0.1, 0.15) is 20.3 Å². The smallest absolute Gasteiger partial charge is 0.0722 e. The fraction of sp³-hybridized carbons (Fsp3) is 0.471. The van der Waals surface area contributed by atoms with E-state index in [4.69, 9.17) is 4.74 Å². The zero-order valence-corrected chi connectivity index (χ0v) is 12.0. The molecule has 0 spiro atoms. The van der Waals surface area contributed by atoms with Crippen molar-refractivity contribution in [3.8, 4) is 0 Å². The summed E-state index contributed by atoms with van der Waals surface area (Å²) in [6.45, 7) is 5.52. The fourth-order valence-electron chi connectivity index (χ4n) is 4.01. The number of anilines is 1. The predicted octanol–water partition coefficient (Wildman–Crippen LogP) is 3.46. The fourth-order valence-corrected chi connectivity index (χ4v) is 4.01. The van der Waals surface area contributed by atoms with Gasteiger partial charge in [0, 0.05) is 41.3 Å². The normalized spacial score (nSPS) is 30.8. The summed E-state index contributed by atoms with van der Waals surface area (Å²) in [5.74, 6) is 0.650. The van der Waals surface area contributed by atoms with Gasteiger partial charge in [-0.05, 0) is 30.7 Å². The Kier molecular flexibility index (Phi) is 2.55. The average Bonchev–Trinajstić information content (AvgIpc) is 2.92. The van der Waals surface area contributed by atoms with E-state index in [-0.39, 0.29) is 5.41 Å². The van der Waals surface area contributed by atoms with Gasteiger partial charge in [0.15, 0.2) is 0 Å². The highest BCUT2D eigenvalue weighted by Gasteiger charge is 2.59. The minimum Gasteiger partial charge on any atom is -0.381 e. The van der Waals surface area contributed by atoms with Gasteiger partial charge >= 0.3 is 0 Å². The maximum absolute atomic E-state index is 5.87. The lowest BCUT2D eigenvalue weighted by Crippen LogP contribution is -2.63. The largest absolute Gasteiger partial charge is 0.381 e. The Morgan fingerprint density at radius 3 is 3.05 bits per heavy atom. The second-order valence-electron chi connectivity index (χ2n) is 6.56. The van der Waals surface area contributed by atoms with Crippen LogP contribution in [-0.4, -0.2) is 23.7 Å². The summed E-state index contributed by atoms with van der Waals surface area (Å²) in [5.41, 5.74) is 2.44. The molecule has 0 bridgehead atoms. The summed E-state index contributed by atoms with van der Waals surface area (Å²) in [6.07, 6.45) is 3.45. The highest BCUT2D eigenvalue weighted by atomic mass is 16.5. The standard InChI is InChI=1S/C17H20N2O/c1-17(2)15(12-8-10-20-16(12)17)19-14-7-3-6-13-11(14)5-4-9-18-13/h3-7,9,12,15-16,19H,8,10H2,1-2H3. The van der Waals surface area contributed by atoms with Crippen molar-refractivity contribution < 1.29 is 4.74 Å². The minimum atomic E-state index is 0.200. The molecule has 3 atom stereocenters. The molecule has 1 aromatic carbocycles. The number of aromatic nitrogens is 1. The Balaban J connectivity index is 1.68. The molecular formula is C17H20N2O. The molecule has 4 rings (SSSR count). The van der Waals surface area contributed by atoms with Crippen LogP contribution in [0.4, 0.5) is 5.69 Å². The van der Waals surface area contributed by atoms with Gasteiger partial charge in [0.2, 0.25) is 0 Å². The van der Waals surface area contributed by atoms with Gasteiger partial charge in [-0.15, -0.1) is 0 Å². The van der Waals surface area contributed by atoms with Crippen LogP contribution in [0.25, 0.3) is 10.9 Å². The zero-order chi connectivity index (χ0) is 13.7. The monoisotopic (exact) mass is 268 g/mol. The van der Waals surface area contributed by atoms with Gasteiger partial charge in [-0.3, -0.25) is 4.98 Å². The van der Waals surface area contributed by atoms with E-state index < -0.39 is 0 Å². The third kappa shape index (κ3) is 1.59. The molecule has 1 saturated heterocycles. The van der Waals surface area contributed by atoms with Crippen molar-refractivity contribution in [2.75, 3.05) is 11.9 Å². The highest BCUT2D eigenvalue weighted by molar-refractivity contribution is 5.91. The van der Waals surface area contributed by atoms with Gasteiger partial charge in [0.25, 0.3) is 0 Å². The van der Waals surface area contributed by atoms with Gasteiger partial charge in [0.05, 0.1) is 11.6 Å². The van der Waals surface area contributed by atoms with Crippen molar-refractivity contribution in [2.24, 2.45) is 11.3 Å². The minimum absolute atomic E-state index is 0.200. The number of nitrogens with zero attached hydrogens (tertiary/aromatic N) is 1. The van der Waals surface area contributed by atoms with Gasteiger partial charge in [-0.1, -0.05) is 19.9 Å². The number of benzene rings is 1. The van der Waals surface area contributed by atoms with E-state index in [0.29, 0.717) is 18.1 Å². The third-order valence-corrected chi connectivity index (χ3v) is 5.06. The maximum atomic E-state index is 5.87. The number of fused-ring (bicyclic) bond motifs is 2. The first kappa shape index (κ1) is 12.2. The van der Waals surface area contributed by atoms with Crippen LogP contribution < -0.4 is 5.32 Å². The van der Waals surface area contributed by atoms with Crippen molar-refractivity contribution >= 4 is 16.6 Å². The molecule has 2 aliphatic rings. The third-order valence-electron chi connectivity index (χ3n) is 5.06. The Hall–Kier alpha value is -1.61. The van der Waals surface area contributed by atoms with Crippen LogP contribution in [0.2, 0.25) is 0 Å². The van der Waals surface area contributed by atoms with Crippen LogP contribution in [0.15, 0.2) is 36.5 Å². The molecule has 3 nitrogen and oxygen atoms in total. The SMILES string of the molecule is CC1(C)C(Nc2cccc3ncccc23)C2CCOC21. The Morgan fingerprint density at radius 2 is 2.15 bits per heavy atom. The Morgan fingerprint density at radius 1 is 1.25 bits per heavy atom. The lowest BCUT2D eigenvalue weighted by molar-refractivity contribution is -0.0922. The molecule has 1 aromatic heterocycles. The number of ether oxygens (including phenoxy) is 1. The van der Waals surface area contributed by atoms with E-state index in [2.05, 4.69) is 48.4 Å². The van der Waals surface area contributed by atoms with Crippen LogP contribution in [-0.2, 0) is 4.74 Å². The zero-order valence-electron chi connectivity index (χ0n) is 12.0. The van der Waals surface area contributed by atoms with Gasteiger partial charge in [-0.25, -0.2) is 0 Å². The predicted molar refractivity (Wildman–Crippen MR) is 80.8 cm³/mol. The molecule has 0 amide bonds. The molecule has 0 radical (unpaired) electrons. The van der Waals surface area contributed by atoms with E-state index in [1.165, 1.54) is 17.5 Å². The van der Waals surface area contributed by atoms with E-state index in [1.807, 2.05) is 12.3 Å². The molecule has 1 N–H and O–H groups in total. The highest BCUT2D eigenvalue weighted by Crippen LogP contribution is 2.53. The first-order valence-electron chi connectivity index (χ1n) is 7.40. The summed E-state index contributed by atoms with van der Waals surface area (Å²) in [5, 5.41) is 4.97. The molecule has 2 aromatic rings. The molecular weight excluding hydrogens is 248 g/mol. The van der Waals surface area contributed by atoms with E-state index in [9.17, 15) is 0 Å². The second-order valence-corrected chi connectivity index (χ2v) is 6.56. The number of pyridine rings is 1. The summed E-state index contributed by atoms with van der Waals surface area (Å²) in [6, 6.07) is 10.9. The molecule has 2 heterocycles. The van der Waals surface area contributed by atoms with Crippen molar-refractivity contribution in [3.63, 3.8) is 0 Å². The first-order chi connectivity index (χ1) is 9.68. The second kappa shape index (κ2) is 4.19. The topological polar surface area (TPSA) is 34.2 Å². The van der Waals surface area contributed by atoms with Crippen molar-refractivity contribution in [1.29, 1.82) is 0 Å². The number of nitrogens with one attached hydrogen (secondary N) is 1. The maximum Gasteiger partial charge on any atom is 0.0722 e. The first-order valence-corrected chi connectivity index (χ1v) is 7.40. The van der Waals surface area contributed by atoms with E-state index >= 15 is 0 Å². The van der Waals surface area contributed by atoms with E-state index in [1.54, 1.807) is 0 Å².